The van der Waals surface area contributed by atoms with Crippen LogP contribution in [-0.2, 0) is 4.79 Å². The van der Waals surface area contributed by atoms with Crippen LogP contribution in [0, 0.1) is 5.82 Å². The Hall–Kier alpha value is -1.03. The van der Waals surface area contributed by atoms with E-state index in [-0.39, 0.29) is 17.5 Å². The minimum atomic E-state index is -0.274. The number of carbonyl (C=O) groups excluding carboxylic acids is 1. The maximum absolute atomic E-state index is 13.1. The molecule has 0 bridgehead atoms. The number of nitrogens with zero attached hydrogens (tertiary/aromatic N) is 1. The van der Waals surface area contributed by atoms with Gasteiger partial charge in [-0.15, -0.1) is 11.8 Å². The van der Waals surface area contributed by atoms with Crippen LogP contribution >= 0.6 is 11.8 Å². The van der Waals surface area contributed by atoms with Crippen molar-refractivity contribution in [2.75, 3.05) is 19.8 Å². The summed E-state index contributed by atoms with van der Waals surface area (Å²) in [5.74, 6) is -0.0178. The van der Waals surface area contributed by atoms with Crippen LogP contribution in [0.2, 0.25) is 0 Å². The summed E-state index contributed by atoms with van der Waals surface area (Å²) in [5, 5.41) is 0. The molecule has 0 radical (unpaired) electrons. The lowest BCUT2D eigenvalue weighted by Gasteiger charge is -2.09. The minimum absolute atomic E-state index is 0.0155. The van der Waals surface area contributed by atoms with Gasteiger partial charge in [-0.1, -0.05) is 12.1 Å². The highest BCUT2D eigenvalue weighted by Gasteiger charge is 2.07. The van der Waals surface area contributed by atoms with Gasteiger partial charge in [0.2, 0.25) is 5.91 Å². The number of rotatable bonds is 3. The SMILES string of the molecule is CN(C)C(=O)CSc1ccccc1F. The van der Waals surface area contributed by atoms with E-state index in [1.54, 1.807) is 32.3 Å². The number of hydrogen-bond acceptors (Lipinski definition) is 2. The molecule has 14 heavy (non-hydrogen) atoms. The zero-order valence-corrected chi connectivity index (χ0v) is 8.97. The zero-order valence-electron chi connectivity index (χ0n) is 8.16. The van der Waals surface area contributed by atoms with Gasteiger partial charge in [0.1, 0.15) is 5.82 Å². The Labute approximate surface area is 87.1 Å². The van der Waals surface area contributed by atoms with Crippen LogP contribution in [0.25, 0.3) is 0 Å². The highest BCUT2D eigenvalue weighted by Crippen LogP contribution is 2.20. The number of amides is 1. The van der Waals surface area contributed by atoms with Crippen molar-refractivity contribution in [3.8, 4) is 0 Å². The zero-order chi connectivity index (χ0) is 10.6. The Bertz CT molecular complexity index is 328. The van der Waals surface area contributed by atoms with E-state index in [0.717, 1.165) is 0 Å². The number of hydrogen-bond donors (Lipinski definition) is 0. The van der Waals surface area contributed by atoms with Gasteiger partial charge in [-0.3, -0.25) is 4.79 Å². The molecule has 1 aromatic carbocycles. The van der Waals surface area contributed by atoms with E-state index < -0.39 is 0 Å². The van der Waals surface area contributed by atoms with Crippen LogP contribution in [0.5, 0.6) is 0 Å². The third-order valence-electron chi connectivity index (χ3n) is 1.69. The summed E-state index contributed by atoms with van der Waals surface area (Å²) in [4.78, 5) is 13.2. The maximum Gasteiger partial charge on any atom is 0.232 e. The predicted molar refractivity (Wildman–Crippen MR) is 55.8 cm³/mol. The summed E-state index contributed by atoms with van der Waals surface area (Å²) in [6, 6.07) is 6.45. The minimum Gasteiger partial charge on any atom is -0.348 e. The van der Waals surface area contributed by atoms with Crippen LogP contribution in [0.4, 0.5) is 4.39 Å². The van der Waals surface area contributed by atoms with Crippen molar-refractivity contribution < 1.29 is 9.18 Å². The Morgan fingerprint density at radius 2 is 2.07 bits per heavy atom. The molecule has 4 heteroatoms. The van der Waals surface area contributed by atoms with Crippen molar-refractivity contribution in [2.45, 2.75) is 4.90 Å². The van der Waals surface area contributed by atoms with Crippen molar-refractivity contribution in [3.05, 3.63) is 30.1 Å². The van der Waals surface area contributed by atoms with E-state index >= 15 is 0 Å². The second-order valence-electron chi connectivity index (χ2n) is 3.01. The molecule has 0 aliphatic carbocycles. The Morgan fingerprint density at radius 1 is 1.43 bits per heavy atom. The molecule has 1 amide bonds. The molecule has 0 fully saturated rings. The average Bonchev–Trinajstić information content (AvgIpc) is 2.16. The van der Waals surface area contributed by atoms with Crippen molar-refractivity contribution in [3.63, 3.8) is 0 Å². The fourth-order valence-electron chi connectivity index (χ4n) is 0.830. The summed E-state index contributed by atoms with van der Waals surface area (Å²) >= 11 is 1.22. The largest absolute Gasteiger partial charge is 0.348 e. The van der Waals surface area contributed by atoms with Gasteiger partial charge >= 0.3 is 0 Å². The molecule has 2 nitrogen and oxygen atoms in total. The molecule has 1 aromatic rings. The first-order chi connectivity index (χ1) is 6.61. The van der Waals surface area contributed by atoms with Gasteiger partial charge in [-0.25, -0.2) is 4.39 Å². The lowest BCUT2D eigenvalue weighted by molar-refractivity contribution is -0.125. The van der Waals surface area contributed by atoms with Crippen molar-refractivity contribution in [2.24, 2.45) is 0 Å². The topological polar surface area (TPSA) is 20.3 Å². The van der Waals surface area contributed by atoms with E-state index in [0.29, 0.717) is 4.90 Å². The average molecular weight is 213 g/mol. The summed E-state index contributed by atoms with van der Waals surface area (Å²) in [7, 11) is 3.37. The molecule has 0 saturated carbocycles. The second-order valence-corrected chi connectivity index (χ2v) is 4.02. The number of carbonyl (C=O) groups is 1. The van der Waals surface area contributed by atoms with Crippen molar-refractivity contribution in [1.82, 2.24) is 4.90 Å². The molecular weight excluding hydrogens is 201 g/mol. The van der Waals surface area contributed by atoms with Gasteiger partial charge in [-0.05, 0) is 12.1 Å². The van der Waals surface area contributed by atoms with E-state index in [1.165, 1.54) is 22.7 Å². The number of thioether (sulfide) groups is 1. The van der Waals surface area contributed by atoms with Crippen LogP contribution in [0.15, 0.2) is 29.2 Å². The van der Waals surface area contributed by atoms with Gasteiger partial charge in [-0.2, -0.15) is 0 Å². The van der Waals surface area contributed by atoms with E-state index in [9.17, 15) is 9.18 Å². The summed E-state index contributed by atoms with van der Waals surface area (Å²) in [6.45, 7) is 0. The Morgan fingerprint density at radius 3 is 2.64 bits per heavy atom. The van der Waals surface area contributed by atoms with Crippen LogP contribution in [0.1, 0.15) is 0 Å². The van der Waals surface area contributed by atoms with E-state index in [4.69, 9.17) is 0 Å². The van der Waals surface area contributed by atoms with Crippen LogP contribution < -0.4 is 0 Å². The number of benzene rings is 1. The normalized spacial score (nSPS) is 9.93. The second kappa shape index (κ2) is 5.00. The predicted octanol–water partition coefficient (Wildman–Crippen LogP) is 2.01. The highest BCUT2D eigenvalue weighted by atomic mass is 32.2. The van der Waals surface area contributed by atoms with Gasteiger partial charge < -0.3 is 4.90 Å². The molecule has 0 saturated heterocycles. The standard InChI is InChI=1S/C10H12FNOS/c1-12(2)10(13)7-14-9-6-4-3-5-8(9)11/h3-6H,7H2,1-2H3. The lowest BCUT2D eigenvalue weighted by Crippen LogP contribution is -2.23. The smallest absolute Gasteiger partial charge is 0.232 e. The fourth-order valence-corrected chi connectivity index (χ4v) is 1.75. The molecule has 0 N–H and O–H groups in total. The maximum atomic E-state index is 13.1. The van der Waals surface area contributed by atoms with E-state index in [1.807, 2.05) is 0 Å². The summed E-state index contributed by atoms with van der Waals surface area (Å²) in [5.41, 5.74) is 0. The van der Waals surface area contributed by atoms with E-state index in [2.05, 4.69) is 0 Å². The molecular formula is C10H12FNOS. The van der Waals surface area contributed by atoms with Gasteiger partial charge in [0.05, 0.1) is 5.75 Å². The molecule has 0 spiro atoms. The molecule has 76 valence electrons. The molecule has 1 rings (SSSR count). The lowest BCUT2D eigenvalue weighted by atomic mass is 10.3. The third kappa shape index (κ3) is 3.03. The molecule has 0 aliphatic heterocycles. The molecule has 0 aliphatic rings. The van der Waals surface area contributed by atoms with Gasteiger partial charge in [0.25, 0.3) is 0 Å². The third-order valence-corrected chi connectivity index (χ3v) is 2.72. The monoisotopic (exact) mass is 213 g/mol. The molecule has 0 heterocycles. The van der Waals surface area contributed by atoms with Crippen LogP contribution in [0.3, 0.4) is 0 Å². The van der Waals surface area contributed by atoms with Gasteiger partial charge in [0.15, 0.2) is 0 Å². The molecule has 0 atom stereocenters. The highest BCUT2D eigenvalue weighted by molar-refractivity contribution is 8.00. The molecule has 0 aromatic heterocycles. The first kappa shape index (κ1) is 11.0. The number of halogens is 1. The van der Waals surface area contributed by atoms with Crippen LogP contribution in [-0.4, -0.2) is 30.7 Å². The van der Waals surface area contributed by atoms with Crippen molar-refractivity contribution in [1.29, 1.82) is 0 Å². The Balaban J connectivity index is 2.54. The van der Waals surface area contributed by atoms with Crippen molar-refractivity contribution >= 4 is 17.7 Å². The summed E-state index contributed by atoms with van der Waals surface area (Å²) < 4.78 is 13.1. The fraction of sp³-hybridized carbons (Fsp3) is 0.300. The first-order valence-electron chi connectivity index (χ1n) is 4.18. The molecule has 0 unspecified atom stereocenters. The quantitative estimate of drug-likeness (QED) is 0.716. The summed E-state index contributed by atoms with van der Waals surface area (Å²) in [6.07, 6.45) is 0. The first-order valence-corrected chi connectivity index (χ1v) is 5.17. The Kier molecular flexibility index (Phi) is 3.95. The van der Waals surface area contributed by atoms with Gasteiger partial charge in [0, 0.05) is 19.0 Å².